The molecule has 1 aliphatic heterocycles. The average molecular weight is 346 g/mol. The molecule has 0 unspecified atom stereocenters. The lowest BCUT2D eigenvalue weighted by atomic mass is 10.1. The van der Waals surface area contributed by atoms with Gasteiger partial charge in [-0.25, -0.2) is 0 Å². The Morgan fingerprint density at radius 2 is 2.04 bits per heavy atom. The first-order chi connectivity index (χ1) is 11.8. The van der Waals surface area contributed by atoms with Gasteiger partial charge in [0.2, 0.25) is 0 Å². The van der Waals surface area contributed by atoms with E-state index in [4.69, 9.17) is 26.2 Å². The molecule has 2 aromatic carbocycles. The first kappa shape index (κ1) is 16.8. The number of para-hydroxylation sites is 1. The zero-order chi connectivity index (χ0) is 16.8. The van der Waals surface area contributed by atoms with Crippen molar-refractivity contribution in [3.8, 4) is 11.5 Å². The van der Waals surface area contributed by atoms with Crippen LogP contribution < -0.4 is 14.8 Å². The van der Waals surface area contributed by atoms with Crippen LogP contribution in [-0.2, 0) is 6.54 Å². The second-order valence-electron chi connectivity index (χ2n) is 5.56. The SMILES string of the molecule is OCCOc1ccccc1CNCC1=Cc2cc(Cl)ccc2OC1. The Hall–Kier alpha value is -2.01. The van der Waals surface area contributed by atoms with Crippen LogP contribution in [0.4, 0.5) is 0 Å². The van der Waals surface area contributed by atoms with Crippen molar-refractivity contribution in [3.05, 3.63) is 64.2 Å². The van der Waals surface area contributed by atoms with Crippen LogP contribution in [0.15, 0.2) is 48.0 Å². The van der Waals surface area contributed by atoms with E-state index in [-0.39, 0.29) is 6.61 Å². The molecule has 1 aliphatic rings. The van der Waals surface area contributed by atoms with Crippen molar-refractivity contribution in [1.29, 1.82) is 0 Å². The van der Waals surface area contributed by atoms with Gasteiger partial charge in [0.1, 0.15) is 24.7 Å². The van der Waals surface area contributed by atoms with Gasteiger partial charge in [-0.1, -0.05) is 29.8 Å². The summed E-state index contributed by atoms with van der Waals surface area (Å²) >= 11 is 6.04. The molecule has 24 heavy (non-hydrogen) atoms. The van der Waals surface area contributed by atoms with Crippen molar-refractivity contribution in [3.63, 3.8) is 0 Å². The number of aliphatic hydroxyl groups excluding tert-OH is 1. The van der Waals surface area contributed by atoms with Gasteiger partial charge in [0.15, 0.2) is 0 Å². The van der Waals surface area contributed by atoms with Crippen molar-refractivity contribution >= 4 is 17.7 Å². The monoisotopic (exact) mass is 345 g/mol. The molecule has 0 saturated heterocycles. The van der Waals surface area contributed by atoms with Crippen LogP contribution in [-0.4, -0.2) is 31.5 Å². The van der Waals surface area contributed by atoms with E-state index in [1.165, 1.54) is 5.57 Å². The van der Waals surface area contributed by atoms with E-state index in [1.54, 1.807) is 0 Å². The van der Waals surface area contributed by atoms with Gasteiger partial charge >= 0.3 is 0 Å². The third kappa shape index (κ3) is 4.29. The summed E-state index contributed by atoms with van der Waals surface area (Å²) in [6.07, 6.45) is 2.12. The molecule has 3 rings (SSSR count). The fraction of sp³-hybridized carbons (Fsp3) is 0.263. The molecule has 4 nitrogen and oxygen atoms in total. The Balaban J connectivity index is 1.59. The topological polar surface area (TPSA) is 50.7 Å². The number of benzene rings is 2. The maximum Gasteiger partial charge on any atom is 0.127 e. The molecule has 5 heteroatoms. The van der Waals surface area contributed by atoms with Crippen LogP contribution in [0.5, 0.6) is 11.5 Å². The molecule has 0 saturated carbocycles. The lowest BCUT2D eigenvalue weighted by molar-refractivity contribution is 0.200. The van der Waals surface area contributed by atoms with Gasteiger partial charge in [-0.15, -0.1) is 0 Å². The van der Waals surface area contributed by atoms with E-state index >= 15 is 0 Å². The van der Waals surface area contributed by atoms with Crippen molar-refractivity contribution in [2.45, 2.75) is 6.54 Å². The highest BCUT2D eigenvalue weighted by molar-refractivity contribution is 6.30. The third-order valence-corrected chi connectivity index (χ3v) is 3.97. The standard InChI is InChI=1S/C19H20ClNO3/c20-17-5-6-19-16(10-17)9-14(13-24-19)11-21-12-15-3-1-2-4-18(15)23-8-7-22/h1-6,9-10,21-22H,7-8,11-13H2. The molecule has 2 aromatic rings. The van der Waals surface area contributed by atoms with Crippen LogP contribution in [0.2, 0.25) is 5.02 Å². The van der Waals surface area contributed by atoms with Gasteiger partial charge in [-0.2, -0.15) is 0 Å². The maximum absolute atomic E-state index is 8.89. The minimum absolute atomic E-state index is 0.00789. The summed E-state index contributed by atoms with van der Waals surface area (Å²) in [7, 11) is 0. The summed E-state index contributed by atoms with van der Waals surface area (Å²) in [5, 5.41) is 13.0. The van der Waals surface area contributed by atoms with Crippen molar-refractivity contribution in [1.82, 2.24) is 5.32 Å². The van der Waals surface area contributed by atoms with Crippen molar-refractivity contribution in [2.75, 3.05) is 26.4 Å². The van der Waals surface area contributed by atoms with Gasteiger partial charge in [0.05, 0.1) is 6.61 Å². The van der Waals surface area contributed by atoms with Crippen LogP contribution >= 0.6 is 11.6 Å². The van der Waals surface area contributed by atoms with E-state index in [0.29, 0.717) is 24.8 Å². The molecule has 0 aromatic heterocycles. The number of ether oxygens (including phenoxy) is 2. The van der Waals surface area contributed by atoms with Gasteiger partial charge in [-0.05, 0) is 35.9 Å². The lowest BCUT2D eigenvalue weighted by Gasteiger charge is -2.19. The molecule has 0 radical (unpaired) electrons. The highest BCUT2D eigenvalue weighted by Gasteiger charge is 2.12. The summed E-state index contributed by atoms with van der Waals surface area (Å²) in [6, 6.07) is 13.5. The first-order valence-corrected chi connectivity index (χ1v) is 8.28. The first-order valence-electron chi connectivity index (χ1n) is 7.90. The second kappa shape index (κ2) is 8.20. The zero-order valence-corrected chi connectivity index (χ0v) is 14.1. The van der Waals surface area contributed by atoms with Gasteiger partial charge in [-0.3, -0.25) is 0 Å². The largest absolute Gasteiger partial charge is 0.491 e. The quantitative estimate of drug-likeness (QED) is 0.808. The summed E-state index contributed by atoms with van der Waals surface area (Å²) in [4.78, 5) is 0. The Morgan fingerprint density at radius 3 is 2.92 bits per heavy atom. The van der Waals surface area contributed by atoms with Crippen LogP contribution in [0.3, 0.4) is 0 Å². The van der Waals surface area contributed by atoms with Crippen molar-refractivity contribution < 1.29 is 14.6 Å². The van der Waals surface area contributed by atoms with Crippen LogP contribution in [0.25, 0.3) is 6.08 Å². The van der Waals surface area contributed by atoms with E-state index < -0.39 is 0 Å². The molecule has 0 fully saturated rings. The Morgan fingerprint density at radius 1 is 1.17 bits per heavy atom. The van der Waals surface area contributed by atoms with Crippen LogP contribution in [0.1, 0.15) is 11.1 Å². The second-order valence-corrected chi connectivity index (χ2v) is 5.99. The number of hydrogen-bond acceptors (Lipinski definition) is 4. The number of fused-ring (bicyclic) bond motifs is 1. The third-order valence-electron chi connectivity index (χ3n) is 3.73. The van der Waals surface area contributed by atoms with Crippen molar-refractivity contribution in [2.24, 2.45) is 0 Å². The number of rotatable bonds is 7. The number of halogens is 1. The summed E-state index contributed by atoms with van der Waals surface area (Å²) in [5.74, 6) is 1.66. The fourth-order valence-electron chi connectivity index (χ4n) is 2.60. The predicted octanol–water partition coefficient (Wildman–Crippen LogP) is 3.28. The molecule has 0 spiro atoms. The molecule has 1 heterocycles. The maximum atomic E-state index is 8.89. The van der Waals surface area contributed by atoms with Gasteiger partial charge < -0.3 is 19.9 Å². The number of nitrogens with one attached hydrogen (secondary N) is 1. The molecule has 2 N–H and O–H groups in total. The predicted molar refractivity (Wildman–Crippen MR) is 95.7 cm³/mol. The molecule has 126 valence electrons. The Labute approximate surface area is 146 Å². The minimum atomic E-state index is 0.00789. The van der Waals surface area contributed by atoms with Gasteiger partial charge in [0.25, 0.3) is 0 Å². The van der Waals surface area contributed by atoms with E-state index in [2.05, 4.69) is 11.4 Å². The number of hydrogen-bond donors (Lipinski definition) is 2. The van der Waals surface area contributed by atoms with Crippen LogP contribution in [0, 0.1) is 0 Å². The molecular weight excluding hydrogens is 326 g/mol. The molecule has 0 bridgehead atoms. The average Bonchev–Trinajstić information content (AvgIpc) is 2.60. The Kier molecular flexibility index (Phi) is 5.75. The van der Waals surface area contributed by atoms with Gasteiger partial charge in [0, 0.05) is 29.2 Å². The lowest BCUT2D eigenvalue weighted by Crippen LogP contribution is -2.21. The Bertz CT molecular complexity index is 730. The number of aliphatic hydroxyl groups is 1. The highest BCUT2D eigenvalue weighted by atomic mass is 35.5. The normalized spacial score (nSPS) is 13.0. The summed E-state index contributed by atoms with van der Waals surface area (Å²) in [6.45, 7) is 2.29. The molecule has 0 aliphatic carbocycles. The van der Waals surface area contributed by atoms with E-state index in [1.807, 2.05) is 42.5 Å². The molecule has 0 amide bonds. The summed E-state index contributed by atoms with van der Waals surface area (Å²) < 4.78 is 11.3. The molecular formula is C19H20ClNO3. The molecule has 0 atom stereocenters. The van der Waals surface area contributed by atoms with E-state index in [0.717, 1.165) is 29.2 Å². The summed E-state index contributed by atoms with van der Waals surface area (Å²) in [5.41, 5.74) is 3.24. The van der Waals surface area contributed by atoms with E-state index in [9.17, 15) is 0 Å². The fourth-order valence-corrected chi connectivity index (χ4v) is 2.78. The minimum Gasteiger partial charge on any atom is -0.491 e. The smallest absolute Gasteiger partial charge is 0.127 e. The zero-order valence-electron chi connectivity index (χ0n) is 13.3. The highest BCUT2D eigenvalue weighted by Crippen LogP contribution is 2.28.